The molecule has 3 heterocycles. The van der Waals surface area contributed by atoms with E-state index in [1.54, 1.807) is 0 Å². The molecule has 0 bridgehead atoms. The number of anilines is 6. The quantitative estimate of drug-likeness (QED) is 0.159. The molecule has 3 aliphatic rings. The van der Waals surface area contributed by atoms with Crippen LogP contribution >= 0.6 is 0 Å². The van der Waals surface area contributed by atoms with E-state index in [1.165, 1.54) is 66.5 Å². The summed E-state index contributed by atoms with van der Waals surface area (Å²) in [6.07, 6.45) is 0. The third-order valence-electron chi connectivity index (χ3n) is 12.3. The van der Waals surface area contributed by atoms with Crippen LogP contribution in [-0.4, -0.2) is 13.4 Å². The molecule has 3 aliphatic heterocycles. The second-order valence-corrected chi connectivity index (χ2v) is 16.6. The zero-order valence-electron chi connectivity index (χ0n) is 33.1. The van der Waals surface area contributed by atoms with Gasteiger partial charge in [-0.05, 0) is 116 Å². The Kier molecular flexibility index (Phi) is 8.25. The largest absolute Gasteiger partial charge is 0.458 e. The highest BCUT2D eigenvalue weighted by atomic mass is 16.5. The van der Waals surface area contributed by atoms with Crippen molar-refractivity contribution < 1.29 is 4.74 Å². The Hall–Kier alpha value is -5.93. The fraction of sp³-hybridized carbons (Fsp3) is 0.176. The number of fused-ring (bicyclic) bond motifs is 6. The van der Waals surface area contributed by atoms with Gasteiger partial charge in [0.2, 0.25) is 6.71 Å². The minimum atomic E-state index is 0.00635. The summed E-state index contributed by atoms with van der Waals surface area (Å²) in [6, 6.07) is 56.3. The standard InChI is InChI=1S/C51H46B2N2O/c1-32(2)35-28-38(33(3)4)50(39(29-35)34(5)6)52-40-22-13-15-24-44(40)54(36-18-9-7-10-19-36)46-31-47-43(30-42(46)52)53-41-23-14-16-26-48(41)56-49-27-17-25-45(51(49)53)55(47)37-20-11-8-12-21-37/h7-34H,1-6H3. The van der Waals surface area contributed by atoms with Crippen molar-refractivity contribution in [3.63, 3.8) is 0 Å². The van der Waals surface area contributed by atoms with Crippen LogP contribution in [0.3, 0.4) is 0 Å². The molecule has 0 aromatic heterocycles. The highest BCUT2D eigenvalue weighted by molar-refractivity contribution is 7.01. The van der Waals surface area contributed by atoms with Crippen LogP contribution < -0.4 is 47.3 Å². The smallest absolute Gasteiger partial charge is 0.256 e. The van der Waals surface area contributed by atoms with E-state index in [1.807, 2.05) is 0 Å². The summed E-state index contributed by atoms with van der Waals surface area (Å²) in [5, 5.41) is 0. The van der Waals surface area contributed by atoms with E-state index in [-0.39, 0.29) is 13.4 Å². The molecule has 0 radical (unpaired) electrons. The van der Waals surface area contributed by atoms with Crippen LogP contribution in [0.4, 0.5) is 34.1 Å². The van der Waals surface area contributed by atoms with E-state index in [2.05, 4.69) is 203 Å². The topological polar surface area (TPSA) is 15.7 Å². The van der Waals surface area contributed by atoms with Gasteiger partial charge >= 0.3 is 0 Å². The summed E-state index contributed by atoms with van der Waals surface area (Å²) < 4.78 is 6.73. The molecule has 7 aromatic rings. The first-order valence-corrected chi connectivity index (χ1v) is 20.3. The van der Waals surface area contributed by atoms with Gasteiger partial charge in [0.15, 0.2) is 0 Å². The highest BCUT2D eigenvalue weighted by Crippen LogP contribution is 2.44. The molecule has 0 amide bonds. The molecule has 0 saturated carbocycles. The monoisotopic (exact) mass is 724 g/mol. The fourth-order valence-corrected chi connectivity index (χ4v) is 9.71. The van der Waals surface area contributed by atoms with Crippen LogP contribution in [0, 0.1) is 0 Å². The predicted molar refractivity (Wildman–Crippen MR) is 240 cm³/mol. The average molecular weight is 725 g/mol. The SMILES string of the molecule is CC(C)c1cc(C(C)C)c(B2c3ccccc3N(c3ccccc3)c3cc4c(cc32)B2c3ccccc3Oc3cccc(c32)N4c2ccccc2)c(C(C)C)c1. The average Bonchev–Trinajstić information content (AvgIpc) is 3.22. The molecule has 56 heavy (non-hydrogen) atoms. The maximum Gasteiger partial charge on any atom is 0.256 e. The van der Waals surface area contributed by atoms with Crippen LogP contribution in [0.25, 0.3) is 0 Å². The Balaban J connectivity index is 1.35. The van der Waals surface area contributed by atoms with E-state index in [0.717, 1.165) is 28.6 Å². The van der Waals surface area contributed by atoms with E-state index >= 15 is 0 Å². The number of benzene rings is 7. The Morgan fingerprint density at radius 3 is 1.50 bits per heavy atom. The van der Waals surface area contributed by atoms with E-state index in [9.17, 15) is 0 Å². The summed E-state index contributed by atoms with van der Waals surface area (Å²) in [5.41, 5.74) is 19.3. The third-order valence-corrected chi connectivity index (χ3v) is 12.3. The number of hydrogen-bond donors (Lipinski definition) is 0. The molecular weight excluding hydrogens is 678 g/mol. The first-order chi connectivity index (χ1) is 27.3. The first kappa shape index (κ1) is 34.6. The first-order valence-electron chi connectivity index (χ1n) is 20.3. The molecular formula is C51H46B2N2O. The second kappa shape index (κ2) is 13.4. The van der Waals surface area contributed by atoms with Gasteiger partial charge in [-0.15, -0.1) is 0 Å². The van der Waals surface area contributed by atoms with Gasteiger partial charge in [0, 0.05) is 34.1 Å². The molecule has 0 spiro atoms. The second-order valence-electron chi connectivity index (χ2n) is 16.6. The van der Waals surface area contributed by atoms with Gasteiger partial charge in [0.1, 0.15) is 11.5 Å². The summed E-state index contributed by atoms with van der Waals surface area (Å²) in [4.78, 5) is 4.98. The summed E-state index contributed by atoms with van der Waals surface area (Å²) >= 11 is 0. The van der Waals surface area contributed by atoms with Gasteiger partial charge < -0.3 is 14.5 Å². The van der Waals surface area contributed by atoms with Crippen molar-refractivity contribution in [2.24, 2.45) is 0 Å². The normalized spacial score (nSPS) is 13.7. The molecule has 7 aromatic carbocycles. The van der Waals surface area contributed by atoms with Gasteiger partial charge in [0.05, 0.1) is 0 Å². The molecule has 0 N–H and O–H groups in total. The molecule has 5 heteroatoms. The zero-order chi connectivity index (χ0) is 38.2. The number of nitrogens with zero attached hydrogens (tertiary/aromatic N) is 2. The third kappa shape index (κ3) is 5.28. The summed E-state index contributed by atoms with van der Waals surface area (Å²) in [6.45, 7) is 14.2. The molecule has 0 saturated heterocycles. The minimum Gasteiger partial charge on any atom is -0.458 e. The minimum absolute atomic E-state index is 0.00635. The van der Waals surface area contributed by atoms with Crippen LogP contribution in [0.15, 0.2) is 152 Å². The lowest BCUT2D eigenvalue weighted by Gasteiger charge is -2.43. The maximum atomic E-state index is 6.73. The molecule has 0 atom stereocenters. The zero-order valence-corrected chi connectivity index (χ0v) is 33.1. The number of ether oxygens (including phenoxy) is 1. The van der Waals surface area contributed by atoms with Crippen molar-refractivity contribution in [3.8, 4) is 11.5 Å². The van der Waals surface area contributed by atoms with Crippen LogP contribution in [0.2, 0.25) is 0 Å². The lowest BCUT2D eigenvalue weighted by atomic mass is 9.30. The number of hydrogen-bond acceptors (Lipinski definition) is 3. The molecule has 0 aliphatic carbocycles. The van der Waals surface area contributed by atoms with Crippen molar-refractivity contribution in [3.05, 3.63) is 168 Å². The Labute approximate surface area is 332 Å². The molecule has 10 rings (SSSR count). The number of para-hydroxylation sites is 4. The van der Waals surface area contributed by atoms with Crippen LogP contribution in [0.1, 0.15) is 76.0 Å². The Bertz CT molecular complexity index is 2610. The van der Waals surface area contributed by atoms with Crippen LogP contribution in [0.5, 0.6) is 11.5 Å². The molecule has 0 fully saturated rings. The van der Waals surface area contributed by atoms with Crippen LogP contribution in [-0.2, 0) is 0 Å². The van der Waals surface area contributed by atoms with Gasteiger partial charge in [0.25, 0.3) is 6.71 Å². The van der Waals surface area contributed by atoms with Crippen molar-refractivity contribution in [1.82, 2.24) is 0 Å². The molecule has 3 nitrogen and oxygen atoms in total. The van der Waals surface area contributed by atoms with Gasteiger partial charge in [-0.2, -0.15) is 0 Å². The van der Waals surface area contributed by atoms with Gasteiger partial charge in [-0.25, -0.2) is 0 Å². The van der Waals surface area contributed by atoms with E-state index in [0.29, 0.717) is 17.8 Å². The summed E-state index contributed by atoms with van der Waals surface area (Å²) in [5.74, 6) is 3.01. The molecule has 0 unspecified atom stereocenters. The van der Waals surface area contributed by atoms with Gasteiger partial charge in [-0.1, -0.05) is 144 Å². The highest BCUT2D eigenvalue weighted by Gasteiger charge is 2.45. The van der Waals surface area contributed by atoms with E-state index in [4.69, 9.17) is 4.74 Å². The van der Waals surface area contributed by atoms with E-state index < -0.39 is 0 Å². The maximum absolute atomic E-state index is 6.73. The van der Waals surface area contributed by atoms with Crippen molar-refractivity contribution in [2.45, 2.75) is 59.3 Å². The lowest BCUT2D eigenvalue weighted by molar-refractivity contribution is 0.487. The molecule has 272 valence electrons. The Morgan fingerprint density at radius 1 is 0.393 bits per heavy atom. The van der Waals surface area contributed by atoms with Crippen molar-refractivity contribution in [1.29, 1.82) is 0 Å². The summed E-state index contributed by atoms with van der Waals surface area (Å²) in [7, 11) is 0. The van der Waals surface area contributed by atoms with Crippen molar-refractivity contribution >= 4 is 80.3 Å². The number of rotatable bonds is 6. The van der Waals surface area contributed by atoms with Crippen molar-refractivity contribution in [2.75, 3.05) is 9.80 Å². The van der Waals surface area contributed by atoms with Gasteiger partial charge in [-0.3, -0.25) is 0 Å². The predicted octanol–water partition coefficient (Wildman–Crippen LogP) is 9.76. The Morgan fingerprint density at radius 2 is 0.893 bits per heavy atom. The fourth-order valence-electron chi connectivity index (χ4n) is 9.71. The lowest BCUT2D eigenvalue weighted by Crippen LogP contribution is -2.63.